The standard InChI is InChI=1S/C12H24N2O3.ClH/c1-16-9-4-7-14(8-10-17-2)12(15)11-5-3-6-13-11;/h11,13H,3-10H2,1-2H3;1H. The first-order chi connectivity index (χ1) is 8.29. The van der Waals surface area contributed by atoms with Gasteiger partial charge in [-0.15, -0.1) is 12.4 Å². The van der Waals surface area contributed by atoms with Gasteiger partial charge in [0.25, 0.3) is 0 Å². The zero-order valence-corrected chi connectivity index (χ0v) is 12.1. The lowest BCUT2D eigenvalue weighted by atomic mass is 10.2. The van der Waals surface area contributed by atoms with Crippen LogP contribution in [0, 0.1) is 0 Å². The van der Waals surface area contributed by atoms with Gasteiger partial charge in [0.1, 0.15) is 0 Å². The van der Waals surface area contributed by atoms with Crippen molar-refractivity contribution in [3.63, 3.8) is 0 Å². The van der Waals surface area contributed by atoms with Gasteiger partial charge in [-0.1, -0.05) is 0 Å². The molecule has 1 heterocycles. The molecule has 1 N–H and O–H groups in total. The van der Waals surface area contributed by atoms with E-state index in [1.54, 1.807) is 14.2 Å². The van der Waals surface area contributed by atoms with Gasteiger partial charge in [0, 0.05) is 33.9 Å². The molecule has 6 heteroatoms. The van der Waals surface area contributed by atoms with Crippen LogP contribution in [0.15, 0.2) is 0 Å². The summed E-state index contributed by atoms with van der Waals surface area (Å²) in [7, 11) is 3.34. The van der Waals surface area contributed by atoms with E-state index in [-0.39, 0.29) is 24.4 Å². The van der Waals surface area contributed by atoms with Crippen molar-refractivity contribution in [2.24, 2.45) is 0 Å². The highest BCUT2D eigenvalue weighted by molar-refractivity contribution is 5.85. The van der Waals surface area contributed by atoms with Gasteiger partial charge in [-0.2, -0.15) is 0 Å². The van der Waals surface area contributed by atoms with Gasteiger partial charge in [0.15, 0.2) is 0 Å². The van der Waals surface area contributed by atoms with E-state index in [1.807, 2.05) is 4.90 Å². The molecule has 1 unspecified atom stereocenters. The van der Waals surface area contributed by atoms with Crippen molar-refractivity contribution < 1.29 is 14.3 Å². The van der Waals surface area contributed by atoms with Crippen LogP contribution in [0.4, 0.5) is 0 Å². The highest BCUT2D eigenvalue weighted by Crippen LogP contribution is 2.09. The van der Waals surface area contributed by atoms with Crippen LogP contribution in [-0.2, 0) is 14.3 Å². The molecule has 0 aromatic rings. The van der Waals surface area contributed by atoms with Crippen LogP contribution in [0.2, 0.25) is 0 Å². The Labute approximate surface area is 116 Å². The Morgan fingerprint density at radius 1 is 1.28 bits per heavy atom. The van der Waals surface area contributed by atoms with Gasteiger partial charge in [-0.3, -0.25) is 4.79 Å². The number of ether oxygens (including phenoxy) is 2. The quantitative estimate of drug-likeness (QED) is 0.664. The maximum absolute atomic E-state index is 12.2. The van der Waals surface area contributed by atoms with E-state index in [0.717, 1.165) is 32.4 Å². The number of hydrogen-bond donors (Lipinski definition) is 1. The second-order valence-electron chi connectivity index (χ2n) is 4.31. The normalized spacial score (nSPS) is 18.4. The van der Waals surface area contributed by atoms with Gasteiger partial charge >= 0.3 is 0 Å². The number of carbonyl (C=O) groups excluding carboxylic acids is 1. The number of halogens is 1. The fourth-order valence-electron chi connectivity index (χ4n) is 2.05. The van der Waals surface area contributed by atoms with E-state index < -0.39 is 0 Å². The molecule has 1 amide bonds. The van der Waals surface area contributed by atoms with Crippen molar-refractivity contribution in [3.8, 4) is 0 Å². The van der Waals surface area contributed by atoms with E-state index in [0.29, 0.717) is 19.8 Å². The molecule has 0 radical (unpaired) electrons. The third-order valence-corrected chi connectivity index (χ3v) is 3.01. The second kappa shape index (κ2) is 10.6. The molecule has 0 aromatic carbocycles. The Morgan fingerprint density at radius 3 is 2.56 bits per heavy atom. The lowest BCUT2D eigenvalue weighted by Crippen LogP contribution is -2.45. The number of nitrogens with one attached hydrogen (secondary N) is 1. The molecule has 1 aliphatic heterocycles. The summed E-state index contributed by atoms with van der Waals surface area (Å²) in [6.45, 7) is 3.64. The molecule has 0 bridgehead atoms. The number of carbonyl (C=O) groups is 1. The second-order valence-corrected chi connectivity index (χ2v) is 4.31. The number of nitrogens with zero attached hydrogens (tertiary/aromatic N) is 1. The Balaban J connectivity index is 0.00000289. The summed E-state index contributed by atoms with van der Waals surface area (Å²) in [6.07, 6.45) is 2.91. The largest absolute Gasteiger partial charge is 0.385 e. The van der Waals surface area contributed by atoms with Gasteiger partial charge < -0.3 is 19.7 Å². The van der Waals surface area contributed by atoms with E-state index in [1.165, 1.54) is 0 Å². The number of amides is 1. The lowest BCUT2D eigenvalue weighted by Gasteiger charge is -2.25. The Hall–Kier alpha value is -0.360. The van der Waals surface area contributed by atoms with Gasteiger partial charge in [0.05, 0.1) is 12.6 Å². The van der Waals surface area contributed by atoms with Crippen LogP contribution >= 0.6 is 12.4 Å². The topological polar surface area (TPSA) is 50.8 Å². The first-order valence-electron chi connectivity index (χ1n) is 6.29. The monoisotopic (exact) mass is 280 g/mol. The van der Waals surface area contributed by atoms with Crippen molar-refractivity contribution in [1.29, 1.82) is 0 Å². The summed E-state index contributed by atoms with van der Waals surface area (Å²) in [5, 5.41) is 3.24. The van der Waals surface area contributed by atoms with Crippen molar-refractivity contribution in [3.05, 3.63) is 0 Å². The molecule has 0 spiro atoms. The predicted molar refractivity (Wildman–Crippen MR) is 73.2 cm³/mol. The smallest absolute Gasteiger partial charge is 0.239 e. The van der Waals surface area contributed by atoms with Gasteiger partial charge in [0.2, 0.25) is 5.91 Å². The van der Waals surface area contributed by atoms with E-state index in [9.17, 15) is 4.79 Å². The summed E-state index contributed by atoms with van der Waals surface area (Å²) in [4.78, 5) is 14.1. The predicted octanol–water partition coefficient (Wildman–Crippen LogP) is 0.672. The Bertz CT molecular complexity index is 223. The van der Waals surface area contributed by atoms with Crippen molar-refractivity contribution in [1.82, 2.24) is 10.2 Å². The summed E-state index contributed by atoms with van der Waals surface area (Å²) in [6, 6.07) is 0.00870. The van der Waals surface area contributed by atoms with Crippen LogP contribution in [-0.4, -0.2) is 63.9 Å². The molecule has 18 heavy (non-hydrogen) atoms. The van der Waals surface area contributed by atoms with Crippen molar-refractivity contribution in [2.75, 3.05) is 47.1 Å². The SMILES string of the molecule is COCCCN(CCOC)C(=O)C1CCCN1.Cl. The van der Waals surface area contributed by atoms with Crippen molar-refractivity contribution in [2.45, 2.75) is 25.3 Å². The Morgan fingerprint density at radius 2 is 2.00 bits per heavy atom. The number of hydrogen-bond acceptors (Lipinski definition) is 4. The minimum absolute atomic E-state index is 0. The summed E-state index contributed by atoms with van der Waals surface area (Å²) < 4.78 is 10.1. The summed E-state index contributed by atoms with van der Waals surface area (Å²) in [5.41, 5.74) is 0. The Kier molecular flexibility index (Phi) is 10.3. The third kappa shape index (κ3) is 6.00. The average molecular weight is 281 g/mol. The fourth-order valence-corrected chi connectivity index (χ4v) is 2.05. The zero-order valence-electron chi connectivity index (χ0n) is 11.3. The minimum atomic E-state index is 0. The molecule has 0 aliphatic carbocycles. The van der Waals surface area contributed by atoms with Gasteiger partial charge in [-0.05, 0) is 25.8 Å². The minimum Gasteiger partial charge on any atom is -0.385 e. The molecule has 0 aromatic heterocycles. The summed E-state index contributed by atoms with van der Waals surface area (Å²) in [5.74, 6) is 0.204. The molecule has 1 aliphatic rings. The third-order valence-electron chi connectivity index (χ3n) is 3.01. The number of methoxy groups -OCH3 is 2. The van der Waals surface area contributed by atoms with E-state index in [4.69, 9.17) is 9.47 Å². The molecule has 1 atom stereocenters. The fraction of sp³-hybridized carbons (Fsp3) is 0.917. The highest BCUT2D eigenvalue weighted by atomic mass is 35.5. The average Bonchev–Trinajstić information content (AvgIpc) is 2.86. The maximum Gasteiger partial charge on any atom is 0.239 e. The summed E-state index contributed by atoms with van der Waals surface area (Å²) >= 11 is 0. The maximum atomic E-state index is 12.2. The molecule has 1 rings (SSSR count). The molecule has 5 nitrogen and oxygen atoms in total. The zero-order chi connectivity index (χ0) is 12.5. The first kappa shape index (κ1) is 17.6. The molecule has 1 saturated heterocycles. The van der Waals surface area contributed by atoms with Crippen LogP contribution < -0.4 is 5.32 Å². The van der Waals surface area contributed by atoms with Gasteiger partial charge in [-0.25, -0.2) is 0 Å². The molecule has 108 valence electrons. The molecule has 0 saturated carbocycles. The van der Waals surface area contributed by atoms with Crippen LogP contribution in [0.25, 0.3) is 0 Å². The lowest BCUT2D eigenvalue weighted by molar-refractivity contribution is -0.133. The van der Waals surface area contributed by atoms with Crippen LogP contribution in [0.1, 0.15) is 19.3 Å². The van der Waals surface area contributed by atoms with E-state index >= 15 is 0 Å². The molecular weight excluding hydrogens is 256 g/mol. The van der Waals surface area contributed by atoms with Crippen LogP contribution in [0.3, 0.4) is 0 Å². The van der Waals surface area contributed by atoms with Crippen molar-refractivity contribution >= 4 is 18.3 Å². The highest BCUT2D eigenvalue weighted by Gasteiger charge is 2.26. The molecular formula is C12H25ClN2O3. The molecule has 1 fully saturated rings. The van der Waals surface area contributed by atoms with E-state index in [2.05, 4.69) is 5.32 Å². The first-order valence-corrected chi connectivity index (χ1v) is 6.29. The number of rotatable bonds is 8. The van der Waals surface area contributed by atoms with Crippen LogP contribution in [0.5, 0.6) is 0 Å².